The van der Waals surface area contributed by atoms with E-state index in [1.165, 1.54) is 11.3 Å². The van der Waals surface area contributed by atoms with Gasteiger partial charge in [0.25, 0.3) is 5.91 Å². The molecule has 7 heteroatoms. The first-order valence-electron chi connectivity index (χ1n) is 6.80. The van der Waals surface area contributed by atoms with Crippen LogP contribution in [0.25, 0.3) is 0 Å². The average Bonchev–Trinajstić information content (AvgIpc) is 2.85. The van der Waals surface area contributed by atoms with E-state index in [-0.39, 0.29) is 11.7 Å². The Morgan fingerprint density at radius 3 is 2.67 bits per heavy atom. The third-order valence-electron chi connectivity index (χ3n) is 3.05. The van der Waals surface area contributed by atoms with Gasteiger partial charge < -0.3 is 16.0 Å². The van der Waals surface area contributed by atoms with E-state index in [2.05, 4.69) is 20.2 Å². The topological polar surface area (TPSA) is 84.1 Å². The molecule has 0 saturated heterocycles. The van der Waals surface area contributed by atoms with Gasteiger partial charge in [-0.15, -0.1) is 0 Å². The molecule has 112 valence electrons. The Balaban J connectivity index is 2.17. The van der Waals surface area contributed by atoms with Crippen molar-refractivity contribution in [2.75, 3.05) is 29.0 Å². The zero-order valence-corrected chi connectivity index (χ0v) is 13.2. The molecule has 0 radical (unpaired) electrons. The Morgan fingerprint density at radius 1 is 1.38 bits per heavy atom. The second kappa shape index (κ2) is 6.53. The van der Waals surface area contributed by atoms with Gasteiger partial charge in [-0.05, 0) is 32.9 Å². The van der Waals surface area contributed by atoms with Crippen molar-refractivity contribution in [3.63, 3.8) is 0 Å². The van der Waals surface area contributed by atoms with Crippen molar-refractivity contribution in [3.05, 3.63) is 28.9 Å². The van der Waals surface area contributed by atoms with Crippen molar-refractivity contribution < 1.29 is 4.79 Å². The van der Waals surface area contributed by atoms with Crippen molar-refractivity contribution in [1.29, 1.82) is 0 Å². The number of pyridine rings is 1. The number of hydrogen-bond donors (Lipinski definition) is 2. The van der Waals surface area contributed by atoms with Gasteiger partial charge in [0.2, 0.25) is 0 Å². The molecule has 0 spiro atoms. The van der Waals surface area contributed by atoms with Gasteiger partial charge in [-0.25, -0.2) is 4.98 Å². The molecule has 0 aliphatic heterocycles. The van der Waals surface area contributed by atoms with E-state index in [9.17, 15) is 4.79 Å². The molecule has 6 nitrogen and oxygen atoms in total. The van der Waals surface area contributed by atoms with Crippen LogP contribution in [0.1, 0.15) is 29.2 Å². The summed E-state index contributed by atoms with van der Waals surface area (Å²) in [6.07, 6.45) is 1.62. The lowest BCUT2D eigenvalue weighted by Gasteiger charge is -2.16. The lowest BCUT2D eigenvalue weighted by atomic mass is 10.3. The van der Waals surface area contributed by atoms with Crippen molar-refractivity contribution in [2.45, 2.75) is 20.8 Å². The molecule has 0 bridgehead atoms. The fourth-order valence-corrected chi connectivity index (χ4v) is 2.85. The Bertz CT molecular complexity index is 619. The molecule has 21 heavy (non-hydrogen) atoms. The second-order valence-corrected chi connectivity index (χ2v) is 5.50. The van der Waals surface area contributed by atoms with Crippen LogP contribution >= 0.6 is 11.3 Å². The third kappa shape index (κ3) is 3.49. The van der Waals surface area contributed by atoms with Crippen LogP contribution in [0.4, 0.5) is 16.6 Å². The number of aryl methyl sites for hydroxylation is 1. The monoisotopic (exact) mass is 305 g/mol. The van der Waals surface area contributed by atoms with Gasteiger partial charge in [-0.3, -0.25) is 9.78 Å². The van der Waals surface area contributed by atoms with E-state index < -0.39 is 0 Å². The number of carbonyl (C=O) groups is 1. The molecule has 3 N–H and O–H groups in total. The summed E-state index contributed by atoms with van der Waals surface area (Å²) in [7, 11) is 0. The summed E-state index contributed by atoms with van der Waals surface area (Å²) >= 11 is 1.30. The van der Waals surface area contributed by atoms with Crippen LogP contribution < -0.4 is 16.0 Å². The number of anilines is 3. The van der Waals surface area contributed by atoms with E-state index in [0.717, 1.165) is 23.9 Å². The highest BCUT2D eigenvalue weighted by Gasteiger charge is 2.18. The standard InChI is InChI=1S/C14H19N5OS/c1-4-19(5-2)14-18-12(15)11(21-14)13(20)17-10-7-6-9(3)16-8-10/h6-8H,4-5,15H2,1-3H3,(H,17,20). The van der Waals surface area contributed by atoms with Crippen LogP contribution in [0.2, 0.25) is 0 Å². The highest BCUT2D eigenvalue weighted by atomic mass is 32.1. The lowest BCUT2D eigenvalue weighted by Crippen LogP contribution is -2.21. The number of hydrogen-bond acceptors (Lipinski definition) is 6. The lowest BCUT2D eigenvalue weighted by molar-refractivity contribution is 0.103. The molecule has 0 aliphatic rings. The first kappa shape index (κ1) is 15.2. The molecule has 0 atom stereocenters. The molecular weight excluding hydrogens is 286 g/mol. The summed E-state index contributed by atoms with van der Waals surface area (Å²) in [5.41, 5.74) is 7.40. The smallest absolute Gasteiger partial charge is 0.269 e. The molecule has 0 fully saturated rings. The van der Waals surface area contributed by atoms with E-state index in [1.54, 1.807) is 6.20 Å². The van der Waals surface area contributed by atoms with Crippen molar-refractivity contribution in [3.8, 4) is 0 Å². The predicted octanol–water partition coefficient (Wildman–Crippen LogP) is 2.53. The van der Waals surface area contributed by atoms with Gasteiger partial charge in [0.1, 0.15) is 10.7 Å². The van der Waals surface area contributed by atoms with Crippen LogP contribution in [-0.2, 0) is 0 Å². The van der Waals surface area contributed by atoms with E-state index in [4.69, 9.17) is 5.73 Å². The molecule has 0 saturated carbocycles. The maximum Gasteiger partial charge on any atom is 0.269 e. The molecular formula is C14H19N5OS. The molecule has 0 aliphatic carbocycles. The molecule has 2 aromatic rings. The minimum Gasteiger partial charge on any atom is -0.382 e. The summed E-state index contributed by atoms with van der Waals surface area (Å²) in [6.45, 7) is 7.62. The Labute approximate surface area is 128 Å². The second-order valence-electron chi connectivity index (χ2n) is 4.53. The van der Waals surface area contributed by atoms with Crippen molar-refractivity contribution in [1.82, 2.24) is 9.97 Å². The van der Waals surface area contributed by atoms with E-state index in [1.807, 2.05) is 32.9 Å². The number of nitrogens with one attached hydrogen (secondary N) is 1. The van der Waals surface area contributed by atoms with Gasteiger partial charge >= 0.3 is 0 Å². The Hall–Kier alpha value is -2.15. The van der Waals surface area contributed by atoms with E-state index >= 15 is 0 Å². The minimum absolute atomic E-state index is 0.256. The number of aromatic nitrogens is 2. The number of nitrogen functional groups attached to an aromatic ring is 1. The predicted molar refractivity (Wildman–Crippen MR) is 87.0 cm³/mol. The molecule has 2 heterocycles. The van der Waals surface area contributed by atoms with Gasteiger partial charge in [0.15, 0.2) is 5.13 Å². The normalized spacial score (nSPS) is 10.4. The average molecular weight is 305 g/mol. The maximum atomic E-state index is 12.3. The third-order valence-corrected chi connectivity index (χ3v) is 4.18. The van der Waals surface area contributed by atoms with Gasteiger partial charge in [0, 0.05) is 18.8 Å². The van der Waals surface area contributed by atoms with Crippen LogP contribution in [0.15, 0.2) is 18.3 Å². The van der Waals surface area contributed by atoms with Crippen LogP contribution in [0.3, 0.4) is 0 Å². The molecule has 2 rings (SSSR count). The first-order valence-corrected chi connectivity index (χ1v) is 7.62. The number of amides is 1. The van der Waals surface area contributed by atoms with Gasteiger partial charge in [-0.2, -0.15) is 0 Å². The highest BCUT2D eigenvalue weighted by Crippen LogP contribution is 2.28. The molecule has 0 aromatic carbocycles. The largest absolute Gasteiger partial charge is 0.382 e. The van der Waals surface area contributed by atoms with Crippen LogP contribution in [-0.4, -0.2) is 29.0 Å². The summed E-state index contributed by atoms with van der Waals surface area (Å²) < 4.78 is 0. The quantitative estimate of drug-likeness (QED) is 0.886. The fraction of sp³-hybridized carbons (Fsp3) is 0.357. The highest BCUT2D eigenvalue weighted by molar-refractivity contribution is 7.18. The van der Waals surface area contributed by atoms with Crippen molar-refractivity contribution >= 4 is 33.9 Å². The molecule has 2 aromatic heterocycles. The zero-order valence-electron chi connectivity index (χ0n) is 12.4. The van der Waals surface area contributed by atoms with Gasteiger partial charge in [-0.1, -0.05) is 11.3 Å². The zero-order chi connectivity index (χ0) is 15.4. The SMILES string of the molecule is CCN(CC)c1nc(N)c(C(=O)Nc2ccc(C)nc2)s1. The number of rotatable bonds is 5. The number of carbonyl (C=O) groups excluding carboxylic acids is 1. The Morgan fingerprint density at radius 2 is 2.10 bits per heavy atom. The van der Waals surface area contributed by atoms with Crippen LogP contribution in [0, 0.1) is 6.92 Å². The molecule has 0 unspecified atom stereocenters. The van der Waals surface area contributed by atoms with Crippen LogP contribution in [0.5, 0.6) is 0 Å². The Kier molecular flexibility index (Phi) is 4.74. The molecule has 1 amide bonds. The fourth-order valence-electron chi connectivity index (χ4n) is 1.84. The first-order chi connectivity index (χ1) is 10.0. The summed E-state index contributed by atoms with van der Waals surface area (Å²) in [5, 5.41) is 3.55. The van der Waals surface area contributed by atoms with Gasteiger partial charge in [0.05, 0.1) is 11.9 Å². The minimum atomic E-state index is -0.256. The summed E-state index contributed by atoms with van der Waals surface area (Å²) in [5.74, 6) is 0.00790. The maximum absolute atomic E-state index is 12.3. The number of nitrogens with zero attached hydrogens (tertiary/aromatic N) is 3. The summed E-state index contributed by atoms with van der Waals surface area (Å²) in [6, 6.07) is 3.65. The van der Waals surface area contributed by atoms with E-state index in [0.29, 0.717) is 10.6 Å². The summed E-state index contributed by atoms with van der Waals surface area (Å²) in [4.78, 5) is 23.2. The number of thiazole rings is 1. The van der Waals surface area contributed by atoms with Crippen molar-refractivity contribution in [2.24, 2.45) is 0 Å². The number of nitrogens with two attached hydrogens (primary N) is 1.